The van der Waals surface area contributed by atoms with Crippen LogP contribution in [0, 0.1) is 11.6 Å². The number of anilines is 2. The molecule has 0 amide bonds. The summed E-state index contributed by atoms with van der Waals surface area (Å²) in [6.45, 7) is 0. The minimum Gasteiger partial charge on any atom is -0.478 e. The molecule has 3 aromatic rings. The number of nitrogens with zero attached hydrogens (tertiary/aromatic N) is 1. The monoisotopic (exact) mass is 398 g/mol. The molecule has 0 fully saturated rings. The molecule has 2 heterocycles. The number of halogens is 2. The number of hydrogen-bond donors (Lipinski definition) is 2. The van der Waals surface area contributed by atoms with Crippen LogP contribution in [0.1, 0.15) is 22.3 Å². The number of hydrogen-bond acceptors (Lipinski definition) is 4. The van der Waals surface area contributed by atoms with Crippen LogP contribution in [0.25, 0.3) is 16.5 Å². The molecule has 2 N–H and O–H groups in total. The van der Waals surface area contributed by atoms with Crippen molar-refractivity contribution < 1.29 is 18.7 Å². The van der Waals surface area contributed by atoms with Gasteiger partial charge in [0.2, 0.25) is 0 Å². The third kappa shape index (κ3) is 3.57. The molecular formula is C21H16F2N2O2S. The highest BCUT2D eigenvalue weighted by Crippen LogP contribution is 2.37. The quantitative estimate of drug-likeness (QED) is 0.610. The Kier molecular flexibility index (Phi) is 5.00. The number of allylic oxidation sites excluding steroid dienone is 1. The second kappa shape index (κ2) is 7.59. The average molecular weight is 398 g/mol. The lowest BCUT2D eigenvalue weighted by molar-refractivity contribution is 0.0697. The maximum absolute atomic E-state index is 14.0. The summed E-state index contributed by atoms with van der Waals surface area (Å²) in [6, 6.07) is 7.80. The molecule has 0 bridgehead atoms. The van der Waals surface area contributed by atoms with Crippen LogP contribution in [0.15, 0.2) is 48.7 Å². The van der Waals surface area contributed by atoms with Crippen LogP contribution in [-0.4, -0.2) is 27.6 Å². The minimum absolute atomic E-state index is 0.194. The first kappa shape index (κ1) is 18.4. The Bertz CT molecular complexity index is 1120. The van der Waals surface area contributed by atoms with E-state index in [9.17, 15) is 18.7 Å². The highest BCUT2D eigenvalue weighted by atomic mass is 32.2. The summed E-state index contributed by atoms with van der Waals surface area (Å²) in [5.74, 6) is -0.474. The first-order chi connectivity index (χ1) is 13.5. The van der Waals surface area contributed by atoms with Crippen molar-refractivity contribution in [3.05, 3.63) is 71.4 Å². The Morgan fingerprint density at radius 2 is 1.93 bits per heavy atom. The molecule has 4 nitrogen and oxygen atoms in total. The van der Waals surface area contributed by atoms with E-state index in [0.717, 1.165) is 35.1 Å². The minimum atomic E-state index is -1.25. The van der Waals surface area contributed by atoms with Gasteiger partial charge < -0.3 is 10.4 Å². The molecule has 0 aliphatic carbocycles. The topological polar surface area (TPSA) is 62.2 Å². The van der Waals surface area contributed by atoms with Gasteiger partial charge in [-0.2, -0.15) is 11.8 Å². The number of carboxylic acid groups (broad SMARTS) is 1. The van der Waals surface area contributed by atoms with Crippen molar-refractivity contribution in [1.29, 1.82) is 0 Å². The summed E-state index contributed by atoms with van der Waals surface area (Å²) in [7, 11) is 0. The zero-order valence-electron chi connectivity index (χ0n) is 14.7. The van der Waals surface area contributed by atoms with E-state index in [1.807, 2.05) is 11.8 Å². The zero-order chi connectivity index (χ0) is 19.7. The summed E-state index contributed by atoms with van der Waals surface area (Å²) in [6.07, 6.45) is 4.65. The third-order valence-corrected chi connectivity index (χ3v) is 5.51. The predicted octanol–water partition coefficient (Wildman–Crippen LogP) is 5.48. The number of aromatic nitrogens is 1. The maximum Gasteiger partial charge on any atom is 0.337 e. The van der Waals surface area contributed by atoms with E-state index in [1.165, 1.54) is 24.3 Å². The van der Waals surface area contributed by atoms with Gasteiger partial charge in [-0.1, -0.05) is 6.08 Å². The Morgan fingerprint density at radius 3 is 2.68 bits per heavy atom. The first-order valence-electron chi connectivity index (χ1n) is 8.68. The molecule has 1 aliphatic heterocycles. The van der Waals surface area contributed by atoms with Crippen molar-refractivity contribution in [1.82, 2.24) is 4.98 Å². The van der Waals surface area contributed by atoms with Crippen LogP contribution in [-0.2, 0) is 0 Å². The Balaban J connectivity index is 1.92. The fraction of sp³-hybridized carbons (Fsp3) is 0.143. The van der Waals surface area contributed by atoms with Crippen LogP contribution in [0.2, 0.25) is 0 Å². The van der Waals surface area contributed by atoms with E-state index in [2.05, 4.69) is 16.4 Å². The van der Waals surface area contributed by atoms with Gasteiger partial charge in [-0.15, -0.1) is 0 Å². The van der Waals surface area contributed by atoms with Gasteiger partial charge in [0.25, 0.3) is 0 Å². The summed E-state index contributed by atoms with van der Waals surface area (Å²) < 4.78 is 27.5. The van der Waals surface area contributed by atoms with Gasteiger partial charge >= 0.3 is 5.97 Å². The Labute approximate surface area is 164 Å². The molecule has 1 aromatic heterocycles. The predicted molar refractivity (Wildman–Crippen MR) is 108 cm³/mol. The fourth-order valence-corrected chi connectivity index (χ4v) is 4.10. The maximum atomic E-state index is 14.0. The zero-order valence-corrected chi connectivity index (χ0v) is 15.5. The first-order valence-corrected chi connectivity index (χ1v) is 9.83. The number of carbonyl (C=O) groups is 1. The smallest absolute Gasteiger partial charge is 0.337 e. The van der Waals surface area contributed by atoms with Gasteiger partial charge in [-0.25, -0.2) is 13.6 Å². The number of carboxylic acids is 1. The fourth-order valence-electron chi connectivity index (χ4n) is 3.25. The Hall–Kier alpha value is -2.93. The molecular weight excluding hydrogens is 382 g/mol. The van der Waals surface area contributed by atoms with Gasteiger partial charge in [0.15, 0.2) is 0 Å². The van der Waals surface area contributed by atoms with E-state index in [4.69, 9.17) is 0 Å². The van der Waals surface area contributed by atoms with Crippen LogP contribution in [0.3, 0.4) is 0 Å². The van der Waals surface area contributed by atoms with Gasteiger partial charge in [0, 0.05) is 22.9 Å². The summed E-state index contributed by atoms with van der Waals surface area (Å²) in [4.78, 5) is 16.0. The molecule has 2 aromatic carbocycles. The van der Waals surface area contributed by atoms with Crippen LogP contribution in [0.5, 0.6) is 0 Å². The molecule has 7 heteroatoms. The molecule has 0 spiro atoms. The van der Waals surface area contributed by atoms with Gasteiger partial charge in [-0.05, 0) is 54.1 Å². The lowest BCUT2D eigenvalue weighted by atomic mass is 9.99. The number of fused-ring (bicyclic) bond motifs is 1. The van der Waals surface area contributed by atoms with Gasteiger partial charge in [0.1, 0.15) is 11.6 Å². The van der Waals surface area contributed by atoms with Crippen molar-refractivity contribution in [3.8, 4) is 0 Å². The van der Waals surface area contributed by atoms with Crippen molar-refractivity contribution in [2.45, 2.75) is 6.42 Å². The highest BCUT2D eigenvalue weighted by Gasteiger charge is 2.18. The van der Waals surface area contributed by atoms with Crippen LogP contribution < -0.4 is 5.32 Å². The number of pyridine rings is 1. The largest absolute Gasteiger partial charge is 0.478 e. The third-order valence-electron chi connectivity index (χ3n) is 4.61. The molecule has 0 radical (unpaired) electrons. The second-order valence-electron chi connectivity index (χ2n) is 6.38. The molecule has 0 saturated heterocycles. The van der Waals surface area contributed by atoms with E-state index >= 15 is 0 Å². The van der Waals surface area contributed by atoms with Gasteiger partial charge in [-0.3, -0.25) is 4.98 Å². The number of aromatic carboxylic acids is 1. The molecule has 0 unspecified atom stereocenters. The van der Waals surface area contributed by atoms with Crippen molar-refractivity contribution >= 4 is 45.6 Å². The molecule has 0 atom stereocenters. The SMILES string of the molecule is O=C(O)c1cc(F)ccc1Nc1c(C2=CCSCC2)cnc2ccc(F)cc12. The summed E-state index contributed by atoms with van der Waals surface area (Å²) in [5.41, 5.74) is 3.05. The van der Waals surface area contributed by atoms with E-state index in [-0.39, 0.29) is 11.3 Å². The van der Waals surface area contributed by atoms with Crippen LogP contribution >= 0.6 is 11.8 Å². The van der Waals surface area contributed by atoms with E-state index < -0.39 is 17.6 Å². The summed E-state index contributed by atoms with van der Waals surface area (Å²) in [5, 5.41) is 13.1. The lowest BCUT2D eigenvalue weighted by Crippen LogP contribution is -2.06. The van der Waals surface area contributed by atoms with Crippen molar-refractivity contribution in [2.24, 2.45) is 0 Å². The lowest BCUT2D eigenvalue weighted by Gasteiger charge is -2.20. The Morgan fingerprint density at radius 1 is 1.14 bits per heavy atom. The highest BCUT2D eigenvalue weighted by molar-refractivity contribution is 7.99. The molecule has 4 rings (SSSR count). The number of benzene rings is 2. The van der Waals surface area contributed by atoms with E-state index in [0.29, 0.717) is 16.6 Å². The molecule has 142 valence electrons. The second-order valence-corrected chi connectivity index (χ2v) is 7.53. The number of rotatable bonds is 4. The summed E-state index contributed by atoms with van der Waals surface area (Å²) >= 11 is 1.82. The molecule has 1 aliphatic rings. The number of nitrogens with one attached hydrogen (secondary N) is 1. The van der Waals surface area contributed by atoms with Crippen LogP contribution in [0.4, 0.5) is 20.2 Å². The van der Waals surface area contributed by atoms with Crippen molar-refractivity contribution in [2.75, 3.05) is 16.8 Å². The average Bonchev–Trinajstić information content (AvgIpc) is 2.70. The standard InChI is InChI=1S/C21H16F2N2O2S/c22-13-1-3-18-15(9-13)20(17(11-24-18)12-5-7-28-8-6-12)25-19-4-2-14(23)10-16(19)21(26)27/h1-5,9-11H,6-8H2,(H,24,25)(H,26,27). The number of thioether (sulfide) groups is 1. The molecule has 28 heavy (non-hydrogen) atoms. The van der Waals surface area contributed by atoms with E-state index in [1.54, 1.807) is 12.3 Å². The van der Waals surface area contributed by atoms with Crippen molar-refractivity contribution in [3.63, 3.8) is 0 Å². The normalized spacial score (nSPS) is 14.0. The van der Waals surface area contributed by atoms with Gasteiger partial charge in [0.05, 0.1) is 22.5 Å². The molecule has 0 saturated carbocycles.